The molecule has 0 spiro atoms. The Balaban J connectivity index is 2.26. The Morgan fingerprint density at radius 3 is 2.90 bits per heavy atom. The lowest BCUT2D eigenvalue weighted by molar-refractivity contribution is 0.906. The van der Waals surface area contributed by atoms with Crippen LogP contribution >= 0.6 is 15.9 Å². The van der Waals surface area contributed by atoms with Gasteiger partial charge in [0.05, 0.1) is 0 Å². The summed E-state index contributed by atoms with van der Waals surface area (Å²) in [5.41, 5.74) is 1.52. The first-order chi connectivity index (χ1) is 4.93. The summed E-state index contributed by atoms with van der Waals surface area (Å²) in [7, 11) is 0. The van der Waals surface area contributed by atoms with Gasteiger partial charge in [0.2, 0.25) is 0 Å². The number of hydrogen-bond donors (Lipinski definition) is 0. The molecule has 1 aliphatic carbocycles. The fourth-order valence-electron chi connectivity index (χ4n) is 1.12. The summed E-state index contributed by atoms with van der Waals surface area (Å²) in [6.07, 6.45) is 11.8. The Morgan fingerprint density at radius 1 is 1.40 bits per heavy atom. The molecule has 0 saturated heterocycles. The minimum atomic E-state index is 1.12. The van der Waals surface area contributed by atoms with Crippen molar-refractivity contribution in [3.8, 4) is 0 Å². The minimum Gasteiger partial charge on any atom is -0.0928 e. The molecule has 0 aromatic carbocycles. The van der Waals surface area contributed by atoms with Crippen LogP contribution in [0.15, 0.2) is 23.8 Å². The quantitative estimate of drug-likeness (QED) is 0.613. The third-order valence-electron chi connectivity index (χ3n) is 1.67. The predicted octanol–water partition coefficient (Wildman–Crippen LogP) is 3.44. The van der Waals surface area contributed by atoms with Crippen LogP contribution in [0.4, 0.5) is 0 Å². The van der Waals surface area contributed by atoms with Crippen molar-refractivity contribution in [3.63, 3.8) is 0 Å². The summed E-state index contributed by atoms with van der Waals surface area (Å²) in [6.45, 7) is 0. The van der Waals surface area contributed by atoms with Crippen molar-refractivity contribution >= 4 is 15.9 Å². The van der Waals surface area contributed by atoms with E-state index in [4.69, 9.17) is 0 Å². The zero-order chi connectivity index (χ0) is 7.23. The Labute approximate surface area is 71.1 Å². The topological polar surface area (TPSA) is 0 Å². The van der Waals surface area contributed by atoms with E-state index in [1.807, 2.05) is 0 Å². The maximum Gasteiger partial charge on any atom is 0.00344 e. The molecule has 0 saturated carbocycles. The SMILES string of the molecule is BrCCCC1=CCCC=C1. The number of hydrogen-bond acceptors (Lipinski definition) is 0. The molecular weight excluding hydrogens is 188 g/mol. The monoisotopic (exact) mass is 200 g/mol. The highest BCUT2D eigenvalue weighted by Crippen LogP contribution is 2.14. The van der Waals surface area contributed by atoms with Gasteiger partial charge in [-0.15, -0.1) is 0 Å². The first kappa shape index (κ1) is 8.06. The molecule has 0 aromatic rings. The maximum atomic E-state index is 3.42. The summed E-state index contributed by atoms with van der Waals surface area (Å²) in [5, 5.41) is 1.12. The van der Waals surface area contributed by atoms with Crippen molar-refractivity contribution in [2.45, 2.75) is 25.7 Å². The zero-order valence-corrected chi connectivity index (χ0v) is 7.73. The second-order valence-electron chi connectivity index (χ2n) is 2.55. The van der Waals surface area contributed by atoms with Crippen molar-refractivity contribution in [3.05, 3.63) is 23.8 Å². The van der Waals surface area contributed by atoms with Crippen LogP contribution < -0.4 is 0 Å². The summed E-state index contributed by atoms with van der Waals surface area (Å²) >= 11 is 3.42. The van der Waals surface area contributed by atoms with E-state index >= 15 is 0 Å². The van der Waals surface area contributed by atoms with E-state index in [1.165, 1.54) is 31.3 Å². The van der Waals surface area contributed by atoms with Crippen LogP contribution in [0.1, 0.15) is 25.7 Å². The number of allylic oxidation sites excluding steroid dienone is 4. The first-order valence-electron chi connectivity index (χ1n) is 3.85. The molecule has 0 amide bonds. The second-order valence-corrected chi connectivity index (χ2v) is 3.34. The third-order valence-corrected chi connectivity index (χ3v) is 2.23. The molecule has 1 rings (SSSR count). The molecule has 10 heavy (non-hydrogen) atoms. The van der Waals surface area contributed by atoms with Crippen LogP contribution in [0, 0.1) is 0 Å². The van der Waals surface area contributed by atoms with Crippen molar-refractivity contribution in [2.24, 2.45) is 0 Å². The van der Waals surface area contributed by atoms with Crippen molar-refractivity contribution in [1.82, 2.24) is 0 Å². The van der Waals surface area contributed by atoms with Gasteiger partial charge >= 0.3 is 0 Å². The lowest BCUT2D eigenvalue weighted by atomic mass is 10.0. The molecule has 0 nitrogen and oxygen atoms in total. The molecule has 56 valence electrons. The Hall–Kier alpha value is -0.0400. The fraction of sp³-hybridized carbons (Fsp3) is 0.556. The number of alkyl halides is 1. The molecule has 0 aromatic heterocycles. The van der Waals surface area contributed by atoms with Gasteiger partial charge in [0.25, 0.3) is 0 Å². The highest BCUT2D eigenvalue weighted by molar-refractivity contribution is 9.09. The largest absolute Gasteiger partial charge is 0.0928 e. The lowest BCUT2D eigenvalue weighted by Gasteiger charge is -2.04. The van der Waals surface area contributed by atoms with E-state index in [0.717, 1.165) is 5.33 Å². The van der Waals surface area contributed by atoms with Gasteiger partial charge in [-0.1, -0.05) is 39.7 Å². The molecule has 0 heterocycles. The highest BCUT2D eigenvalue weighted by atomic mass is 79.9. The molecule has 0 atom stereocenters. The standard InChI is InChI=1S/C9H13Br/c10-8-4-7-9-5-2-1-3-6-9/h2,5-6H,1,3-4,7-8H2. The predicted molar refractivity (Wildman–Crippen MR) is 49.5 cm³/mol. The van der Waals surface area contributed by atoms with Gasteiger partial charge in [-0.3, -0.25) is 0 Å². The minimum absolute atomic E-state index is 1.12. The smallest absolute Gasteiger partial charge is 0.00344 e. The molecule has 0 unspecified atom stereocenters. The summed E-state index contributed by atoms with van der Waals surface area (Å²) < 4.78 is 0. The summed E-state index contributed by atoms with van der Waals surface area (Å²) in [6, 6.07) is 0. The first-order valence-corrected chi connectivity index (χ1v) is 4.97. The second kappa shape index (κ2) is 4.73. The van der Waals surface area contributed by atoms with Gasteiger partial charge in [0, 0.05) is 5.33 Å². The van der Waals surface area contributed by atoms with Gasteiger partial charge in [0.15, 0.2) is 0 Å². The third kappa shape index (κ3) is 2.70. The average Bonchev–Trinajstić information content (AvgIpc) is 2.03. The number of halogens is 1. The van der Waals surface area contributed by atoms with Crippen LogP contribution in [0.5, 0.6) is 0 Å². The van der Waals surface area contributed by atoms with E-state index < -0.39 is 0 Å². The van der Waals surface area contributed by atoms with E-state index in [0.29, 0.717) is 0 Å². The van der Waals surface area contributed by atoms with Crippen LogP contribution in [-0.2, 0) is 0 Å². The Kier molecular flexibility index (Phi) is 3.81. The maximum absolute atomic E-state index is 3.42. The molecule has 1 aliphatic rings. The van der Waals surface area contributed by atoms with Gasteiger partial charge in [0.1, 0.15) is 0 Å². The highest BCUT2D eigenvalue weighted by Gasteiger charge is 1.95. The van der Waals surface area contributed by atoms with Gasteiger partial charge in [-0.2, -0.15) is 0 Å². The Morgan fingerprint density at radius 2 is 2.30 bits per heavy atom. The van der Waals surface area contributed by atoms with Crippen molar-refractivity contribution < 1.29 is 0 Å². The van der Waals surface area contributed by atoms with E-state index in [2.05, 4.69) is 34.2 Å². The Bertz CT molecular complexity index is 145. The van der Waals surface area contributed by atoms with Crippen LogP contribution in [0.3, 0.4) is 0 Å². The van der Waals surface area contributed by atoms with Crippen molar-refractivity contribution in [1.29, 1.82) is 0 Å². The zero-order valence-electron chi connectivity index (χ0n) is 6.15. The molecule has 0 fully saturated rings. The normalized spacial score (nSPS) is 17.1. The molecule has 1 heteroatoms. The van der Waals surface area contributed by atoms with Gasteiger partial charge in [-0.25, -0.2) is 0 Å². The summed E-state index contributed by atoms with van der Waals surface area (Å²) in [5.74, 6) is 0. The van der Waals surface area contributed by atoms with Crippen LogP contribution in [0.2, 0.25) is 0 Å². The molecule has 0 aliphatic heterocycles. The molecular formula is C9H13Br. The van der Waals surface area contributed by atoms with E-state index in [9.17, 15) is 0 Å². The fourth-order valence-corrected chi connectivity index (χ4v) is 1.40. The van der Waals surface area contributed by atoms with E-state index in [1.54, 1.807) is 0 Å². The van der Waals surface area contributed by atoms with E-state index in [-0.39, 0.29) is 0 Å². The number of rotatable bonds is 3. The van der Waals surface area contributed by atoms with Crippen LogP contribution in [-0.4, -0.2) is 5.33 Å². The average molecular weight is 201 g/mol. The van der Waals surface area contributed by atoms with Gasteiger partial charge in [-0.05, 0) is 25.7 Å². The van der Waals surface area contributed by atoms with Gasteiger partial charge < -0.3 is 0 Å². The molecule has 0 bridgehead atoms. The molecule has 0 N–H and O–H groups in total. The summed E-state index contributed by atoms with van der Waals surface area (Å²) in [4.78, 5) is 0. The lowest BCUT2D eigenvalue weighted by Crippen LogP contribution is -1.85. The molecule has 0 radical (unpaired) electrons. The van der Waals surface area contributed by atoms with Crippen molar-refractivity contribution in [2.75, 3.05) is 5.33 Å². The van der Waals surface area contributed by atoms with Crippen LogP contribution in [0.25, 0.3) is 0 Å².